The summed E-state index contributed by atoms with van der Waals surface area (Å²) in [7, 11) is 2.90. The monoisotopic (exact) mass is 372 g/mol. The minimum atomic E-state index is -1.65. The number of nitrogens with zero attached hydrogens (tertiary/aromatic N) is 1. The van der Waals surface area contributed by atoms with Gasteiger partial charge in [0.25, 0.3) is 5.91 Å². The fourth-order valence-corrected chi connectivity index (χ4v) is 2.82. The molecule has 0 saturated carbocycles. The van der Waals surface area contributed by atoms with Gasteiger partial charge in [-0.3, -0.25) is 9.59 Å². The average molecular weight is 372 g/mol. The maximum absolute atomic E-state index is 12.5. The van der Waals surface area contributed by atoms with Gasteiger partial charge in [-0.25, -0.2) is 0 Å². The number of carbonyl (C=O) groups excluding carboxylic acids is 2. The predicted molar refractivity (Wildman–Crippen MR) is 96.2 cm³/mol. The van der Waals surface area contributed by atoms with Gasteiger partial charge in [-0.1, -0.05) is 26.0 Å². The second-order valence-corrected chi connectivity index (χ2v) is 7.07. The molecule has 0 aliphatic carbocycles. The summed E-state index contributed by atoms with van der Waals surface area (Å²) >= 11 is 0. The quantitative estimate of drug-likeness (QED) is 0.424. The number of amides is 2. The van der Waals surface area contributed by atoms with Crippen LogP contribution in [0.5, 0.6) is 0 Å². The van der Waals surface area contributed by atoms with Gasteiger partial charge in [0.15, 0.2) is 6.10 Å². The summed E-state index contributed by atoms with van der Waals surface area (Å²) in [5, 5.41) is 32.9. The summed E-state index contributed by atoms with van der Waals surface area (Å²) in [5.41, 5.74) is 0. The summed E-state index contributed by atoms with van der Waals surface area (Å²) in [5.74, 6) is -0.734. The van der Waals surface area contributed by atoms with Crippen molar-refractivity contribution in [2.75, 3.05) is 20.7 Å². The Morgan fingerprint density at radius 3 is 2.46 bits per heavy atom. The van der Waals surface area contributed by atoms with Gasteiger partial charge >= 0.3 is 0 Å². The molecular formula is C18H32N2O6. The van der Waals surface area contributed by atoms with Crippen LogP contribution in [-0.2, 0) is 14.3 Å². The molecule has 1 heterocycles. The van der Waals surface area contributed by atoms with Gasteiger partial charge in [0.1, 0.15) is 24.4 Å². The van der Waals surface area contributed by atoms with E-state index in [1.54, 1.807) is 18.0 Å². The highest BCUT2D eigenvalue weighted by atomic mass is 16.5. The lowest BCUT2D eigenvalue weighted by Gasteiger charge is -2.28. The Bertz CT molecular complexity index is 496. The highest BCUT2D eigenvalue weighted by Crippen LogP contribution is 2.14. The Kier molecular flexibility index (Phi) is 9.21. The molecule has 26 heavy (non-hydrogen) atoms. The molecule has 1 aliphatic heterocycles. The molecule has 0 unspecified atom stereocenters. The van der Waals surface area contributed by atoms with Crippen LogP contribution >= 0.6 is 0 Å². The van der Waals surface area contributed by atoms with Gasteiger partial charge in [0.05, 0.1) is 0 Å². The first-order valence-electron chi connectivity index (χ1n) is 8.99. The molecule has 1 saturated heterocycles. The van der Waals surface area contributed by atoms with Gasteiger partial charge in [0.2, 0.25) is 5.91 Å². The number of methoxy groups -OCH3 is 1. The van der Waals surface area contributed by atoms with E-state index in [-0.39, 0.29) is 11.8 Å². The Hall–Kier alpha value is -1.48. The van der Waals surface area contributed by atoms with Crippen molar-refractivity contribution in [2.24, 2.45) is 5.92 Å². The van der Waals surface area contributed by atoms with Gasteiger partial charge < -0.3 is 30.3 Å². The fourth-order valence-electron chi connectivity index (χ4n) is 2.82. The molecule has 150 valence electrons. The average Bonchev–Trinajstić information content (AvgIpc) is 2.75. The zero-order valence-corrected chi connectivity index (χ0v) is 16.0. The predicted octanol–water partition coefficient (Wildman–Crippen LogP) is -0.577. The first kappa shape index (κ1) is 22.6. The third kappa shape index (κ3) is 6.35. The van der Waals surface area contributed by atoms with Crippen LogP contribution in [0.4, 0.5) is 0 Å². The molecule has 0 aromatic rings. The number of hydrogen-bond acceptors (Lipinski definition) is 6. The van der Waals surface area contributed by atoms with Crippen LogP contribution in [0.25, 0.3) is 0 Å². The number of likely N-dealkylation sites (tertiary alicyclic amines) is 1. The highest BCUT2D eigenvalue weighted by molar-refractivity contribution is 5.89. The molecular weight excluding hydrogens is 340 g/mol. The van der Waals surface area contributed by atoms with Crippen LogP contribution in [0.2, 0.25) is 0 Å². The van der Waals surface area contributed by atoms with Crippen LogP contribution in [0, 0.1) is 5.92 Å². The van der Waals surface area contributed by atoms with Crippen molar-refractivity contribution in [3.63, 3.8) is 0 Å². The van der Waals surface area contributed by atoms with Crippen LogP contribution in [0.15, 0.2) is 12.2 Å². The van der Waals surface area contributed by atoms with Crippen molar-refractivity contribution in [2.45, 2.75) is 63.6 Å². The Morgan fingerprint density at radius 1 is 1.23 bits per heavy atom. The van der Waals surface area contributed by atoms with E-state index in [4.69, 9.17) is 4.74 Å². The third-order valence-electron chi connectivity index (χ3n) is 4.44. The molecule has 1 fully saturated rings. The Morgan fingerprint density at radius 2 is 1.88 bits per heavy atom. The molecule has 0 bridgehead atoms. The Balaban J connectivity index is 2.76. The summed E-state index contributed by atoms with van der Waals surface area (Å²) in [6, 6.07) is -0.692. The zero-order valence-electron chi connectivity index (χ0n) is 16.0. The van der Waals surface area contributed by atoms with Crippen molar-refractivity contribution in [1.82, 2.24) is 10.2 Å². The maximum atomic E-state index is 12.5. The van der Waals surface area contributed by atoms with Crippen LogP contribution in [0.1, 0.15) is 33.1 Å². The van der Waals surface area contributed by atoms with E-state index in [0.717, 1.165) is 12.8 Å². The molecule has 4 N–H and O–H groups in total. The second-order valence-electron chi connectivity index (χ2n) is 7.07. The first-order valence-corrected chi connectivity index (χ1v) is 8.99. The lowest BCUT2D eigenvalue weighted by Crippen LogP contribution is -2.55. The SMILES string of the molecule is CO[C@@H](C(=O)N[C@@H]1CCCCN(C)C1=O)[C@@H](O)[C@@H](O)[C@H](O)/C=C/C(C)C. The van der Waals surface area contributed by atoms with Crippen LogP contribution in [0.3, 0.4) is 0 Å². The van der Waals surface area contributed by atoms with Crippen LogP contribution < -0.4 is 5.32 Å². The van der Waals surface area contributed by atoms with E-state index in [0.29, 0.717) is 13.0 Å². The minimum absolute atomic E-state index is 0.161. The topological polar surface area (TPSA) is 119 Å². The molecule has 1 rings (SSSR count). The number of rotatable bonds is 8. The summed E-state index contributed by atoms with van der Waals surface area (Å²) in [4.78, 5) is 26.3. The number of aliphatic hydroxyl groups is 3. The van der Waals surface area contributed by atoms with Crippen molar-refractivity contribution in [3.8, 4) is 0 Å². The molecule has 5 atom stereocenters. The van der Waals surface area contributed by atoms with E-state index in [1.807, 2.05) is 13.8 Å². The van der Waals surface area contributed by atoms with Crippen molar-refractivity contribution < 1.29 is 29.6 Å². The zero-order chi connectivity index (χ0) is 19.9. The Labute approximate surface area is 154 Å². The molecule has 0 radical (unpaired) electrons. The number of aliphatic hydroxyl groups excluding tert-OH is 3. The van der Waals surface area contributed by atoms with Crippen molar-refractivity contribution >= 4 is 11.8 Å². The number of ether oxygens (including phenoxy) is 1. The van der Waals surface area contributed by atoms with E-state index >= 15 is 0 Å². The van der Waals surface area contributed by atoms with Gasteiger partial charge in [-0.2, -0.15) is 0 Å². The lowest BCUT2D eigenvalue weighted by molar-refractivity contribution is -0.151. The fraction of sp³-hybridized carbons (Fsp3) is 0.778. The number of allylic oxidation sites excluding steroid dienone is 1. The lowest BCUT2D eigenvalue weighted by atomic mass is 10.0. The smallest absolute Gasteiger partial charge is 0.252 e. The molecule has 0 aromatic carbocycles. The van der Waals surface area contributed by atoms with Crippen molar-refractivity contribution in [1.29, 1.82) is 0 Å². The molecule has 1 aliphatic rings. The summed E-state index contributed by atoms with van der Waals surface area (Å²) in [6.45, 7) is 4.44. The highest BCUT2D eigenvalue weighted by Gasteiger charge is 2.37. The molecule has 8 nitrogen and oxygen atoms in total. The summed E-state index contributed by atoms with van der Waals surface area (Å²) < 4.78 is 5.02. The first-order chi connectivity index (χ1) is 12.2. The van der Waals surface area contributed by atoms with E-state index < -0.39 is 36.4 Å². The van der Waals surface area contributed by atoms with Crippen LogP contribution in [-0.4, -0.2) is 83.2 Å². The van der Waals surface area contributed by atoms with E-state index in [2.05, 4.69) is 5.32 Å². The standard InChI is InChI=1S/C18H32N2O6/c1-11(2)8-9-13(21)14(22)15(23)16(26-4)17(24)19-12-7-5-6-10-20(3)18(12)25/h8-9,11-16,21-23H,5-7,10H2,1-4H3,(H,19,24)/b9-8+/t12-,13-,14+,15+,16-/m1/s1. The molecule has 0 aromatic heterocycles. The molecule has 0 spiro atoms. The number of nitrogens with one attached hydrogen (secondary N) is 1. The maximum Gasteiger partial charge on any atom is 0.252 e. The van der Waals surface area contributed by atoms with Gasteiger partial charge in [-0.05, 0) is 25.2 Å². The summed E-state index contributed by atoms with van der Waals surface area (Å²) in [6.07, 6.45) is -0.796. The second kappa shape index (κ2) is 10.6. The third-order valence-corrected chi connectivity index (χ3v) is 4.44. The molecule has 8 heteroatoms. The molecule has 2 amide bonds. The minimum Gasteiger partial charge on any atom is -0.387 e. The largest absolute Gasteiger partial charge is 0.387 e. The van der Waals surface area contributed by atoms with Crippen molar-refractivity contribution in [3.05, 3.63) is 12.2 Å². The number of likely N-dealkylation sites (N-methyl/N-ethyl adjacent to an activating group) is 1. The normalized spacial score (nSPS) is 23.6. The van der Waals surface area contributed by atoms with E-state index in [9.17, 15) is 24.9 Å². The van der Waals surface area contributed by atoms with Gasteiger partial charge in [0, 0.05) is 20.7 Å². The number of carbonyl (C=O) groups is 2. The van der Waals surface area contributed by atoms with Gasteiger partial charge in [-0.15, -0.1) is 0 Å². The van der Waals surface area contributed by atoms with E-state index in [1.165, 1.54) is 13.2 Å². The number of hydrogen-bond donors (Lipinski definition) is 4.